The van der Waals surface area contributed by atoms with Crippen molar-refractivity contribution in [2.45, 2.75) is 38.5 Å². The van der Waals surface area contributed by atoms with Crippen molar-refractivity contribution >= 4 is 0 Å². The van der Waals surface area contributed by atoms with Crippen LogP contribution in [-0.2, 0) is 18.2 Å². The van der Waals surface area contributed by atoms with Gasteiger partial charge in [-0.25, -0.2) is 4.98 Å². The maximum atomic E-state index is 5.10. The molecule has 0 saturated heterocycles. The van der Waals surface area contributed by atoms with Gasteiger partial charge < -0.3 is 14.6 Å². The molecular formula is C15H27N3O. The summed E-state index contributed by atoms with van der Waals surface area (Å²) in [6, 6.07) is 0. The molecule has 0 atom stereocenters. The van der Waals surface area contributed by atoms with Crippen LogP contribution in [0.1, 0.15) is 37.9 Å². The quantitative estimate of drug-likeness (QED) is 0.732. The summed E-state index contributed by atoms with van der Waals surface area (Å²) >= 11 is 0. The second-order valence-corrected chi connectivity index (χ2v) is 5.83. The average Bonchev–Trinajstić information content (AvgIpc) is 3.03. The van der Waals surface area contributed by atoms with E-state index in [1.807, 2.05) is 12.4 Å². The molecule has 4 nitrogen and oxygen atoms in total. The molecule has 0 radical (unpaired) electrons. The van der Waals surface area contributed by atoms with Gasteiger partial charge in [0.2, 0.25) is 0 Å². The van der Waals surface area contributed by atoms with Crippen molar-refractivity contribution in [3.8, 4) is 0 Å². The molecule has 1 N–H and O–H groups in total. The largest absolute Gasteiger partial charge is 0.383 e. The first-order chi connectivity index (χ1) is 9.26. The third-order valence-electron chi connectivity index (χ3n) is 4.45. The highest BCUT2D eigenvalue weighted by molar-refractivity contribution is 4.95. The van der Waals surface area contributed by atoms with Gasteiger partial charge in [0.15, 0.2) is 0 Å². The summed E-state index contributed by atoms with van der Waals surface area (Å²) in [7, 11) is 3.84. The van der Waals surface area contributed by atoms with E-state index in [1.54, 1.807) is 7.11 Å². The van der Waals surface area contributed by atoms with Crippen molar-refractivity contribution < 1.29 is 4.74 Å². The molecule has 0 amide bonds. The van der Waals surface area contributed by atoms with Crippen LogP contribution in [0.3, 0.4) is 0 Å². The molecule has 1 heterocycles. The minimum absolute atomic E-state index is 0.486. The molecular weight excluding hydrogens is 238 g/mol. The summed E-state index contributed by atoms with van der Waals surface area (Å²) in [4.78, 5) is 4.44. The lowest BCUT2D eigenvalue weighted by Crippen LogP contribution is -2.34. The standard InChI is InChI=1S/C15H27N3O/c1-18-11-9-17-14(18)5-8-15(6-3-4-7-15)13-16-10-12-19-2/h9,11,16H,3-8,10,12-13H2,1-2H3. The predicted octanol–water partition coefficient (Wildman–Crippen LogP) is 2.15. The number of aromatic nitrogens is 2. The minimum atomic E-state index is 0.486. The van der Waals surface area contributed by atoms with Gasteiger partial charge in [-0.3, -0.25) is 0 Å². The van der Waals surface area contributed by atoms with Crippen LogP contribution >= 0.6 is 0 Å². The van der Waals surface area contributed by atoms with Crippen molar-refractivity contribution in [3.63, 3.8) is 0 Å². The molecule has 1 fully saturated rings. The van der Waals surface area contributed by atoms with Crippen LogP contribution in [-0.4, -0.2) is 36.4 Å². The van der Waals surface area contributed by atoms with Crippen LogP contribution in [0.2, 0.25) is 0 Å². The lowest BCUT2D eigenvalue weighted by atomic mass is 9.81. The summed E-state index contributed by atoms with van der Waals surface area (Å²) in [6.45, 7) is 2.89. The first-order valence-electron chi connectivity index (χ1n) is 7.42. The Hall–Kier alpha value is -0.870. The molecule has 0 spiro atoms. The van der Waals surface area contributed by atoms with Crippen molar-refractivity contribution in [1.82, 2.24) is 14.9 Å². The number of nitrogens with one attached hydrogen (secondary N) is 1. The fraction of sp³-hybridized carbons (Fsp3) is 0.800. The van der Waals surface area contributed by atoms with E-state index in [2.05, 4.69) is 21.9 Å². The predicted molar refractivity (Wildman–Crippen MR) is 77.2 cm³/mol. The third kappa shape index (κ3) is 4.05. The van der Waals surface area contributed by atoms with Crippen molar-refractivity contribution in [2.24, 2.45) is 12.5 Å². The Balaban J connectivity index is 1.83. The molecule has 1 aliphatic carbocycles. The van der Waals surface area contributed by atoms with Gasteiger partial charge in [0, 0.05) is 46.1 Å². The van der Waals surface area contributed by atoms with Gasteiger partial charge in [-0.2, -0.15) is 0 Å². The van der Waals surface area contributed by atoms with E-state index in [1.165, 1.54) is 37.9 Å². The first-order valence-corrected chi connectivity index (χ1v) is 7.42. The van der Waals surface area contributed by atoms with E-state index < -0.39 is 0 Å². The SMILES string of the molecule is COCCNCC1(CCc2nccn2C)CCCC1. The maximum Gasteiger partial charge on any atom is 0.108 e. The van der Waals surface area contributed by atoms with Gasteiger partial charge in [0.25, 0.3) is 0 Å². The van der Waals surface area contributed by atoms with E-state index in [0.29, 0.717) is 5.41 Å². The van der Waals surface area contributed by atoms with Crippen LogP contribution in [0.25, 0.3) is 0 Å². The molecule has 1 aliphatic rings. The molecule has 1 saturated carbocycles. The summed E-state index contributed by atoms with van der Waals surface area (Å²) in [5.41, 5.74) is 0.486. The molecule has 0 aliphatic heterocycles. The zero-order chi connectivity index (χ0) is 13.6. The molecule has 0 aromatic carbocycles. The van der Waals surface area contributed by atoms with Crippen molar-refractivity contribution in [2.75, 3.05) is 26.8 Å². The van der Waals surface area contributed by atoms with Gasteiger partial charge in [-0.15, -0.1) is 0 Å². The van der Waals surface area contributed by atoms with Gasteiger partial charge >= 0.3 is 0 Å². The highest BCUT2D eigenvalue weighted by Gasteiger charge is 2.33. The summed E-state index contributed by atoms with van der Waals surface area (Å²) in [6.07, 6.45) is 11.8. The van der Waals surface area contributed by atoms with Crippen LogP contribution in [0.4, 0.5) is 0 Å². The highest BCUT2D eigenvalue weighted by atomic mass is 16.5. The van der Waals surface area contributed by atoms with Crippen LogP contribution in [0.15, 0.2) is 12.4 Å². The number of imidazole rings is 1. The Labute approximate surface area is 116 Å². The Bertz CT molecular complexity index is 369. The topological polar surface area (TPSA) is 39.1 Å². The number of rotatable bonds is 8. The van der Waals surface area contributed by atoms with E-state index in [4.69, 9.17) is 4.74 Å². The molecule has 1 aromatic heterocycles. The number of nitrogens with zero attached hydrogens (tertiary/aromatic N) is 2. The number of hydrogen-bond acceptors (Lipinski definition) is 3. The second kappa shape index (κ2) is 7.06. The molecule has 1 aromatic rings. The number of ether oxygens (including phenoxy) is 1. The van der Waals surface area contributed by atoms with Crippen LogP contribution in [0, 0.1) is 5.41 Å². The monoisotopic (exact) mass is 265 g/mol. The normalized spacial score (nSPS) is 18.0. The number of aryl methyl sites for hydroxylation is 2. The van der Waals surface area contributed by atoms with Crippen LogP contribution < -0.4 is 5.32 Å². The fourth-order valence-corrected chi connectivity index (χ4v) is 3.18. The molecule has 108 valence electrons. The summed E-state index contributed by atoms with van der Waals surface area (Å²) in [5.74, 6) is 1.21. The number of methoxy groups -OCH3 is 1. The molecule has 0 bridgehead atoms. The zero-order valence-electron chi connectivity index (χ0n) is 12.3. The second-order valence-electron chi connectivity index (χ2n) is 5.83. The Morgan fingerprint density at radius 3 is 2.84 bits per heavy atom. The van der Waals surface area contributed by atoms with Gasteiger partial charge in [0.1, 0.15) is 5.82 Å². The van der Waals surface area contributed by atoms with E-state index in [9.17, 15) is 0 Å². The van der Waals surface area contributed by atoms with Gasteiger partial charge in [0.05, 0.1) is 6.61 Å². The van der Waals surface area contributed by atoms with E-state index >= 15 is 0 Å². The lowest BCUT2D eigenvalue weighted by molar-refractivity contribution is 0.187. The third-order valence-corrected chi connectivity index (χ3v) is 4.45. The van der Waals surface area contributed by atoms with Crippen molar-refractivity contribution in [1.29, 1.82) is 0 Å². The number of hydrogen-bond donors (Lipinski definition) is 1. The maximum absolute atomic E-state index is 5.10. The molecule has 19 heavy (non-hydrogen) atoms. The molecule has 0 unspecified atom stereocenters. The van der Waals surface area contributed by atoms with Crippen molar-refractivity contribution in [3.05, 3.63) is 18.2 Å². The zero-order valence-corrected chi connectivity index (χ0v) is 12.3. The first kappa shape index (κ1) is 14.5. The highest BCUT2D eigenvalue weighted by Crippen LogP contribution is 2.41. The smallest absolute Gasteiger partial charge is 0.108 e. The van der Waals surface area contributed by atoms with Gasteiger partial charge in [-0.05, 0) is 24.7 Å². The Morgan fingerprint density at radius 2 is 2.21 bits per heavy atom. The lowest BCUT2D eigenvalue weighted by Gasteiger charge is -2.29. The van der Waals surface area contributed by atoms with E-state index in [0.717, 1.165) is 26.1 Å². The fourth-order valence-electron chi connectivity index (χ4n) is 3.18. The summed E-state index contributed by atoms with van der Waals surface area (Å²) < 4.78 is 7.24. The summed E-state index contributed by atoms with van der Waals surface area (Å²) in [5, 5.41) is 3.56. The Kier molecular flexibility index (Phi) is 5.40. The average molecular weight is 265 g/mol. The van der Waals surface area contributed by atoms with E-state index in [-0.39, 0.29) is 0 Å². The molecule has 4 heteroatoms. The Morgan fingerprint density at radius 1 is 1.42 bits per heavy atom. The minimum Gasteiger partial charge on any atom is -0.383 e. The van der Waals surface area contributed by atoms with Crippen LogP contribution in [0.5, 0.6) is 0 Å². The van der Waals surface area contributed by atoms with Gasteiger partial charge in [-0.1, -0.05) is 12.8 Å². The molecule has 2 rings (SSSR count).